The summed E-state index contributed by atoms with van der Waals surface area (Å²) in [6.45, 7) is 8.96. The van der Waals surface area contributed by atoms with Crippen molar-refractivity contribution in [2.45, 2.75) is 84.1 Å². The Morgan fingerprint density at radius 3 is 2.19 bits per heavy atom. The SMILES string of the molecule is CC1CCN(c2cc(N3CCCC(C)C3)nc(NC(=S)NC3CCCCCC3)n2)CC1. The van der Waals surface area contributed by atoms with Crippen LogP contribution in [0.2, 0.25) is 0 Å². The lowest BCUT2D eigenvalue weighted by Gasteiger charge is -2.34. The van der Waals surface area contributed by atoms with Crippen molar-refractivity contribution in [3.63, 3.8) is 0 Å². The van der Waals surface area contributed by atoms with Crippen LogP contribution in [0.4, 0.5) is 17.6 Å². The Bertz CT molecular complexity index is 725. The van der Waals surface area contributed by atoms with Gasteiger partial charge in [-0.1, -0.05) is 39.5 Å². The minimum Gasteiger partial charge on any atom is -0.360 e. The first kappa shape index (κ1) is 22.6. The molecule has 1 saturated carbocycles. The molecule has 1 aromatic rings. The number of nitrogens with one attached hydrogen (secondary N) is 2. The molecule has 2 aliphatic heterocycles. The second kappa shape index (κ2) is 10.8. The molecule has 7 heteroatoms. The van der Waals surface area contributed by atoms with Crippen LogP contribution in [0.1, 0.15) is 78.1 Å². The van der Waals surface area contributed by atoms with Crippen molar-refractivity contribution in [1.29, 1.82) is 0 Å². The zero-order valence-corrected chi connectivity index (χ0v) is 20.2. The molecule has 172 valence electrons. The first-order valence-corrected chi connectivity index (χ1v) is 12.9. The van der Waals surface area contributed by atoms with E-state index >= 15 is 0 Å². The number of hydrogen-bond acceptors (Lipinski definition) is 5. The summed E-state index contributed by atoms with van der Waals surface area (Å²) in [5, 5.41) is 7.53. The van der Waals surface area contributed by atoms with Gasteiger partial charge in [-0.25, -0.2) is 0 Å². The number of aromatic nitrogens is 2. The Labute approximate surface area is 193 Å². The van der Waals surface area contributed by atoms with Crippen molar-refractivity contribution in [1.82, 2.24) is 15.3 Å². The van der Waals surface area contributed by atoms with E-state index in [1.54, 1.807) is 0 Å². The summed E-state index contributed by atoms with van der Waals surface area (Å²) >= 11 is 5.67. The highest BCUT2D eigenvalue weighted by Crippen LogP contribution is 2.28. The molecule has 2 N–H and O–H groups in total. The Morgan fingerprint density at radius 2 is 1.52 bits per heavy atom. The zero-order chi connectivity index (χ0) is 21.6. The summed E-state index contributed by atoms with van der Waals surface area (Å²) in [6.07, 6.45) is 12.6. The third-order valence-electron chi connectivity index (χ3n) is 7.20. The smallest absolute Gasteiger partial charge is 0.232 e. The minimum absolute atomic E-state index is 0.469. The summed E-state index contributed by atoms with van der Waals surface area (Å²) < 4.78 is 0. The van der Waals surface area contributed by atoms with Crippen LogP contribution in [-0.2, 0) is 0 Å². The monoisotopic (exact) mass is 444 g/mol. The molecule has 2 saturated heterocycles. The quantitative estimate of drug-likeness (QED) is 0.503. The lowest BCUT2D eigenvalue weighted by molar-refractivity contribution is 0.435. The molecule has 0 spiro atoms. The molecule has 3 fully saturated rings. The van der Waals surface area contributed by atoms with E-state index in [1.807, 2.05) is 0 Å². The van der Waals surface area contributed by atoms with Gasteiger partial charge in [-0.3, -0.25) is 0 Å². The van der Waals surface area contributed by atoms with Crippen molar-refractivity contribution in [2.75, 3.05) is 41.3 Å². The van der Waals surface area contributed by atoms with Gasteiger partial charge < -0.3 is 20.4 Å². The molecule has 0 bridgehead atoms. The highest BCUT2D eigenvalue weighted by atomic mass is 32.1. The number of nitrogens with zero attached hydrogens (tertiary/aromatic N) is 4. The van der Waals surface area contributed by atoms with E-state index < -0.39 is 0 Å². The van der Waals surface area contributed by atoms with Gasteiger partial charge in [-0.2, -0.15) is 9.97 Å². The first-order valence-electron chi connectivity index (χ1n) is 12.5. The number of rotatable bonds is 4. The van der Waals surface area contributed by atoms with Crippen molar-refractivity contribution < 1.29 is 0 Å². The van der Waals surface area contributed by atoms with Gasteiger partial charge in [0.1, 0.15) is 11.6 Å². The molecule has 0 amide bonds. The number of thiocarbonyl (C=S) groups is 1. The zero-order valence-electron chi connectivity index (χ0n) is 19.4. The van der Waals surface area contributed by atoms with Gasteiger partial charge in [-0.15, -0.1) is 0 Å². The van der Waals surface area contributed by atoms with E-state index in [0.29, 0.717) is 23.0 Å². The van der Waals surface area contributed by atoms with E-state index in [4.69, 9.17) is 22.2 Å². The third kappa shape index (κ3) is 6.43. The molecule has 3 heterocycles. The number of piperidine rings is 2. The molecule has 31 heavy (non-hydrogen) atoms. The molecule has 3 aliphatic rings. The van der Waals surface area contributed by atoms with Crippen molar-refractivity contribution in [2.24, 2.45) is 11.8 Å². The number of hydrogen-bond donors (Lipinski definition) is 2. The van der Waals surface area contributed by atoms with Crippen LogP contribution in [-0.4, -0.2) is 47.3 Å². The first-order chi connectivity index (χ1) is 15.1. The summed E-state index contributed by atoms with van der Waals surface area (Å²) in [5.41, 5.74) is 0. The van der Waals surface area contributed by atoms with Crippen LogP contribution in [0.5, 0.6) is 0 Å². The highest BCUT2D eigenvalue weighted by molar-refractivity contribution is 7.80. The number of anilines is 3. The van der Waals surface area contributed by atoms with Gasteiger partial charge in [0, 0.05) is 38.3 Å². The molecule has 4 rings (SSSR count). The molecule has 1 atom stereocenters. The van der Waals surface area contributed by atoms with Crippen LogP contribution < -0.4 is 20.4 Å². The summed E-state index contributed by atoms with van der Waals surface area (Å²) in [4.78, 5) is 14.7. The maximum Gasteiger partial charge on any atom is 0.232 e. The molecule has 1 aromatic heterocycles. The van der Waals surface area contributed by atoms with Crippen LogP contribution in [0.15, 0.2) is 6.07 Å². The maximum absolute atomic E-state index is 5.67. The van der Waals surface area contributed by atoms with Crippen molar-refractivity contribution in [3.05, 3.63) is 6.07 Å². The molecular weight excluding hydrogens is 404 g/mol. The maximum atomic E-state index is 5.67. The van der Waals surface area contributed by atoms with Gasteiger partial charge >= 0.3 is 0 Å². The predicted molar refractivity (Wildman–Crippen MR) is 134 cm³/mol. The van der Waals surface area contributed by atoms with Gasteiger partial charge in [0.2, 0.25) is 5.95 Å². The normalized spacial score (nSPS) is 24.0. The Morgan fingerprint density at radius 1 is 0.839 bits per heavy atom. The largest absolute Gasteiger partial charge is 0.360 e. The van der Waals surface area contributed by atoms with E-state index in [0.717, 1.165) is 43.7 Å². The second-order valence-corrected chi connectivity index (χ2v) is 10.5. The van der Waals surface area contributed by atoms with Gasteiger partial charge in [0.25, 0.3) is 0 Å². The van der Waals surface area contributed by atoms with E-state index in [1.165, 1.54) is 64.2 Å². The average molecular weight is 445 g/mol. The standard InChI is InChI=1S/C24H40N6S/c1-18-11-14-29(15-12-18)21-16-22(30-13-7-8-19(2)17-30)27-23(26-21)28-24(31)25-20-9-5-3-4-6-10-20/h16,18-20H,3-15,17H2,1-2H3,(H2,25,26,27,28,31). The Balaban J connectivity index is 1.50. The van der Waals surface area contributed by atoms with Gasteiger partial charge in [-0.05, 0) is 62.6 Å². The van der Waals surface area contributed by atoms with Gasteiger partial charge in [0.05, 0.1) is 0 Å². The molecule has 6 nitrogen and oxygen atoms in total. The topological polar surface area (TPSA) is 56.3 Å². The molecule has 0 radical (unpaired) electrons. The Hall–Kier alpha value is -1.63. The van der Waals surface area contributed by atoms with Crippen molar-refractivity contribution in [3.8, 4) is 0 Å². The lowest BCUT2D eigenvalue weighted by Crippen LogP contribution is -2.39. The van der Waals surface area contributed by atoms with Crippen LogP contribution in [0.25, 0.3) is 0 Å². The van der Waals surface area contributed by atoms with Crippen LogP contribution in [0.3, 0.4) is 0 Å². The van der Waals surface area contributed by atoms with Crippen molar-refractivity contribution >= 4 is 34.9 Å². The summed E-state index contributed by atoms with van der Waals surface area (Å²) in [6, 6.07) is 2.66. The average Bonchev–Trinajstić information content (AvgIpc) is 3.02. The van der Waals surface area contributed by atoms with Gasteiger partial charge in [0.15, 0.2) is 5.11 Å². The second-order valence-electron chi connectivity index (χ2n) is 10.1. The van der Waals surface area contributed by atoms with Crippen LogP contribution >= 0.6 is 12.2 Å². The molecule has 1 aliphatic carbocycles. The molecular formula is C24H40N6S. The fourth-order valence-electron chi connectivity index (χ4n) is 5.18. The lowest BCUT2D eigenvalue weighted by atomic mass is 9.99. The Kier molecular flexibility index (Phi) is 7.86. The van der Waals surface area contributed by atoms with E-state index in [2.05, 4.69) is 40.3 Å². The third-order valence-corrected chi connectivity index (χ3v) is 7.42. The fourth-order valence-corrected chi connectivity index (χ4v) is 5.44. The summed E-state index contributed by atoms with van der Waals surface area (Å²) in [5.74, 6) is 4.21. The molecule has 1 unspecified atom stereocenters. The predicted octanol–water partition coefficient (Wildman–Crippen LogP) is 4.96. The van der Waals surface area contributed by atoms with E-state index in [-0.39, 0.29) is 0 Å². The van der Waals surface area contributed by atoms with Crippen LogP contribution in [0, 0.1) is 11.8 Å². The highest BCUT2D eigenvalue weighted by Gasteiger charge is 2.23. The van der Waals surface area contributed by atoms with E-state index in [9.17, 15) is 0 Å². The summed E-state index contributed by atoms with van der Waals surface area (Å²) in [7, 11) is 0. The molecule has 0 aromatic carbocycles. The minimum atomic E-state index is 0.469. The fraction of sp³-hybridized carbons (Fsp3) is 0.792.